The van der Waals surface area contributed by atoms with Crippen LogP contribution in [0.4, 0.5) is 0 Å². The second-order valence-corrected chi connectivity index (χ2v) is 7.47. The van der Waals surface area contributed by atoms with E-state index in [0.29, 0.717) is 11.3 Å². The van der Waals surface area contributed by atoms with Gasteiger partial charge in [-0.3, -0.25) is 4.79 Å². The molecule has 0 bridgehead atoms. The minimum absolute atomic E-state index is 0.204. The number of carbonyl (C=O) groups excluding carboxylic acids is 1. The van der Waals surface area contributed by atoms with Crippen molar-refractivity contribution in [2.75, 3.05) is 7.11 Å². The van der Waals surface area contributed by atoms with Gasteiger partial charge in [0, 0.05) is 13.0 Å². The second kappa shape index (κ2) is 4.79. The molecular formula is C20H24O2. The quantitative estimate of drug-likeness (QED) is 0.721. The predicted molar refractivity (Wildman–Crippen MR) is 87.4 cm³/mol. The summed E-state index contributed by atoms with van der Waals surface area (Å²) in [6, 6.07) is 0. The molecule has 0 aromatic carbocycles. The first kappa shape index (κ1) is 14.2. The molecule has 2 unspecified atom stereocenters. The number of carbonyl (C=O) groups is 1. The van der Waals surface area contributed by atoms with E-state index in [4.69, 9.17) is 4.74 Å². The molecule has 0 saturated heterocycles. The number of hydrogen-bond acceptors (Lipinski definition) is 2. The summed E-state index contributed by atoms with van der Waals surface area (Å²) in [4.78, 5) is 11.9. The molecule has 0 heterocycles. The minimum Gasteiger partial charge on any atom is -0.377 e. The van der Waals surface area contributed by atoms with Crippen LogP contribution in [0, 0.1) is 11.3 Å². The fourth-order valence-electron chi connectivity index (χ4n) is 4.97. The van der Waals surface area contributed by atoms with Gasteiger partial charge in [-0.15, -0.1) is 0 Å². The van der Waals surface area contributed by atoms with Crippen molar-refractivity contribution in [3.63, 3.8) is 0 Å². The molecule has 0 aromatic rings. The number of rotatable bonds is 1. The zero-order valence-corrected chi connectivity index (χ0v) is 13.7. The fourth-order valence-corrected chi connectivity index (χ4v) is 4.97. The van der Waals surface area contributed by atoms with Gasteiger partial charge in [0.15, 0.2) is 5.78 Å². The molecule has 0 aliphatic heterocycles. The van der Waals surface area contributed by atoms with Gasteiger partial charge in [-0.1, -0.05) is 30.2 Å². The predicted octanol–water partition coefficient (Wildman–Crippen LogP) is 4.29. The summed E-state index contributed by atoms with van der Waals surface area (Å²) in [6.45, 7) is 4.40. The van der Waals surface area contributed by atoms with Crippen LogP contribution in [-0.2, 0) is 9.53 Å². The zero-order valence-electron chi connectivity index (χ0n) is 13.7. The van der Waals surface area contributed by atoms with E-state index >= 15 is 0 Å². The molecule has 2 nitrogen and oxygen atoms in total. The molecule has 0 spiro atoms. The number of fused-ring (bicyclic) bond motifs is 4. The lowest BCUT2D eigenvalue weighted by molar-refractivity contribution is -0.111. The summed E-state index contributed by atoms with van der Waals surface area (Å²) in [5.41, 5.74) is 7.35. The molecule has 0 aromatic heterocycles. The maximum absolute atomic E-state index is 11.9. The maximum atomic E-state index is 11.9. The van der Waals surface area contributed by atoms with Crippen LogP contribution in [0.25, 0.3) is 0 Å². The average Bonchev–Trinajstić information content (AvgIpc) is 2.87. The molecule has 2 heteroatoms. The van der Waals surface area contributed by atoms with E-state index in [1.165, 1.54) is 18.4 Å². The van der Waals surface area contributed by atoms with Crippen molar-refractivity contribution in [3.8, 4) is 0 Å². The van der Waals surface area contributed by atoms with E-state index in [9.17, 15) is 4.79 Å². The number of ketones is 1. The van der Waals surface area contributed by atoms with Gasteiger partial charge in [-0.2, -0.15) is 0 Å². The average molecular weight is 296 g/mol. The van der Waals surface area contributed by atoms with Gasteiger partial charge in [0.2, 0.25) is 0 Å². The van der Waals surface area contributed by atoms with Crippen LogP contribution in [0.3, 0.4) is 0 Å². The molecular weight excluding hydrogens is 272 g/mol. The van der Waals surface area contributed by atoms with Crippen molar-refractivity contribution in [1.29, 1.82) is 0 Å². The van der Waals surface area contributed by atoms with Crippen molar-refractivity contribution >= 4 is 5.78 Å². The summed E-state index contributed by atoms with van der Waals surface area (Å²) in [6.07, 6.45) is 12.2. The number of ether oxygens (including phenoxy) is 1. The van der Waals surface area contributed by atoms with E-state index in [1.54, 1.807) is 22.8 Å². The number of hydrogen-bond donors (Lipinski definition) is 0. The molecule has 0 amide bonds. The summed E-state index contributed by atoms with van der Waals surface area (Å²) in [7, 11) is 1.82. The lowest BCUT2D eigenvalue weighted by atomic mass is 9.62. The Balaban J connectivity index is 1.80. The van der Waals surface area contributed by atoms with Crippen molar-refractivity contribution < 1.29 is 9.53 Å². The molecule has 3 atom stereocenters. The molecule has 0 N–H and O–H groups in total. The molecule has 22 heavy (non-hydrogen) atoms. The first-order chi connectivity index (χ1) is 10.5. The fraction of sp³-hybridized carbons (Fsp3) is 0.550. The normalized spacial score (nSPS) is 37.0. The summed E-state index contributed by atoms with van der Waals surface area (Å²) >= 11 is 0. The highest BCUT2D eigenvalue weighted by Gasteiger charge is 2.44. The van der Waals surface area contributed by atoms with E-state index in [0.717, 1.165) is 24.8 Å². The van der Waals surface area contributed by atoms with Crippen molar-refractivity contribution in [3.05, 3.63) is 46.1 Å². The second-order valence-electron chi connectivity index (χ2n) is 7.47. The van der Waals surface area contributed by atoms with Crippen LogP contribution in [0.2, 0.25) is 0 Å². The Bertz CT molecular complexity index is 674. The van der Waals surface area contributed by atoms with Crippen LogP contribution in [0.1, 0.15) is 46.0 Å². The molecule has 116 valence electrons. The zero-order chi connectivity index (χ0) is 15.5. The highest BCUT2D eigenvalue weighted by molar-refractivity contribution is 6.05. The molecule has 4 rings (SSSR count). The SMILES string of the molecule is CO[C@H]1C=C2C3=C(CCC2(C)C1)C1C=CC(=O)C(C)=C1CC3. The smallest absolute Gasteiger partial charge is 0.181 e. The third kappa shape index (κ3) is 1.86. The Morgan fingerprint density at radius 2 is 2.05 bits per heavy atom. The Morgan fingerprint density at radius 1 is 1.23 bits per heavy atom. The third-order valence-electron chi connectivity index (χ3n) is 6.30. The van der Waals surface area contributed by atoms with E-state index in [2.05, 4.69) is 19.1 Å². The first-order valence-corrected chi connectivity index (χ1v) is 8.43. The number of allylic oxidation sites excluding steroid dienone is 7. The standard InChI is InChI=1S/C20H24O2/c1-12-14-4-5-17-16(15(14)6-7-19(12)21)8-9-20(2)11-13(22-3)10-18(17)20/h6-7,10,13,15H,4-5,8-9,11H2,1-3H3/t13-,15?,20?/m0/s1. The van der Waals surface area contributed by atoms with Gasteiger partial charge in [-0.05, 0) is 67.2 Å². The van der Waals surface area contributed by atoms with Gasteiger partial charge in [-0.25, -0.2) is 0 Å². The van der Waals surface area contributed by atoms with Crippen LogP contribution in [0.5, 0.6) is 0 Å². The Morgan fingerprint density at radius 3 is 2.82 bits per heavy atom. The van der Waals surface area contributed by atoms with Gasteiger partial charge in [0.05, 0.1) is 6.10 Å². The van der Waals surface area contributed by atoms with Crippen LogP contribution >= 0.6 is 0 Å². The van der Waals surface area contributed by atoms with Crippen molar-refractivity contribution in [2.45, 2.75) is 52.1 Å². The lowest BCUT2D eigenvalue weighted by Gasteiger charge is -2.42. The highest BCUT2D eigenvalue weighted by Crippen LogP contribution is 2.56. The van der Waals surface area contributed by atoms with Gasteiger partial charge in [0.25, 0.3) is 0 Å². The monoisotopic (exact) mass is 296 g/mol. The van der Waals surface area contributed by atoms with E-state index in [1.807, 2.05) is 14.0 Å². The summed E-state index contributed by atoms with van der Waals surface area (Å²) in [5, 5.41) is 0. The molecule has 4 aliphatic rings. The van der Waals surface area contributed by atoms with Gasteiger partial charge >= 0.3 is 0 Å². The topological polar surface area (TPSA) is 26.3 Å². The molecule has 4 aliphatic carbocycles. The Kier molecular flexibility index (Phi) is 3.09. The molecule has 0 fully saturated rings. The van der Waals surface area contributed by atoms with Crippen LogP contribution < -0.4 is 0 Å². The minimum atomic E-state index is 0.204. The lowest BCUT2D eigenvalue weighted by Crippen LogP contribution is -2.29. The number of methoxy groups -OCH3 is 1. The summed E-state index contributed by atoms with van der Waals surface area (Å²) < 4.78 is 5.62. The Hall–Kier alpha value is -1.41. The largest absolute Gasteiger partial charge is 0.377 e. The van der Waals surface area contributed by atoms with Crippen LogP contribution in [0.15, 0.2) is 46.1 Å². The maximum Gasteiger partial charge on any atom is 0.181 e. The molecule has 0 radical (unpaired) electrons. The Labute approximate surface area is 132 Å². The third-order valence-corrected chi connectivity index (χ3v) is 6.30. The molecule has 0 saturated carbocycles. The van der Waals surface area contributed by atoms with Gasteiger partial charge < -0.3 is 4.74 Å². The van der Waals surface area contributed by atoms with Crippen molar-refractivity contribution in [1.82, 2.24) is 0 Å². The summed E-state index contributed by atoms with van der Waals surface area (Å²) in [5.74, 6) is 0.587. The van der Waals surface area contributed by atoms with E-state index in [-0.39, 0.29) is 11.9 Å². The van der Waals surface area contributed by atoms with E-state index < -0.39 is 0 Å². The van der Waals surface area contributed by atoms with Gasteiger partial charge in [0.1, 0.15) is 0 Å². The van der Waals surface area contributed by atoms with Crippen LogP contribution in [-0.4, -0.2) is 19.0 Å². The highest BCUT2D eigenvalue weighted by atomic mass is 16.5. The van der Waals surface area contributed by atoms with Crippen molar-refractivity contribution in [2.24, 2.45) is 11.3 Å². The first-order valence-electron chi connectivity index (χ1n) is 8.43.